The summed E-state index contributed by atoms with van der Waals surface area (Å²) in [4.78, 5) is 28.4. The lowest BCUT2D eigenvalue weighted by atomic mass is 9.94. The molecule has 7 heteroatoms. The van der Waals surface area contributed by atoms with E-state index in [1.165, 1.54) is 7.11 Å². The number of carbonyl (C=O) groups is 2. The number of nitrogens with zero attached hydrogens (tertiary/aromatic N) is 1. The number of benzene rings is 2. The zero-order valence-electron chi connectivity index (χ0n) is 17.5. The molecule has 1 N–H and O–H groups in total. The Morgan fingerprint density at radius 3 is 2.56 bits per heavy atom. The summed E-state index contributed by atoms with van der Waals surface area (Å²) < 4.78 is 11.2. The maximum absolute atomic E-state index is 13.6. The van der Waals surface area contributed by atoms with Crippen molar-refractivity contribution in [2.24, 2.45) is 0 Å². The standard InChI is InChI=1S/C25H22ClNO5/c1-31-19-13-16(26)11-15-12-18(32-24(15)19)22(28)20-21(14-7-3-2-4-8-14)27(25(30)23(20)29)17-9-5-6-10-17/h2-4,7-8,11-13,17,21,29H,5-6,9-10H2,1H3. The summed E-state index contributed by atoms with van der Waals surface area (Å²) in [5.41, 5.74) is 1.20. The van der Waals surface area contributed by atoms with Crippen molar-refractivity contribution in [3.63, 3.8) is 0 Å². The van der Waals surface area contributed by atoms with Crippen LogP contribution in [-0.4, -0.2) is 34.8 Å². The van der Waals surface area contributed by atoms with Crippen LogP contribution in [0.1, 0.15) is 47.8 Å². The molecule has 1 fully saturated rings. The molecular formula is C25H22ClNO5. The van der Waals surface area contributed by atoms with E-state index in [0.717, 1.165) is 31.2 Å². The van der Waals surface area contributed by atoms with E-state index in [-0.39, 0.29) is 17.4 Å². The maximum Gasteiger partial charge on any atom is 0.290 e. The Morgan fingerprint density at radius 1 is 1.16 bits per heavy atom. The van der Waals surface area contributed by atoms with Crippen LogP contribution < -0.4 is 4.74 Å². The van der Waals surface area contributed by atoms with Crippen molar-refractivity contribution < 1.29 is 23.8 Å². The molecule has 2 heterocycles. The first kappa shape index (κ1) is 20.6. The molecule has 1 unspecified atom stereocenters. The summed E-state index contributed by atoms with van der Waals surface area (Å²) in [5.74, 6) is -1.13. The molecule has 0 spiro atoms. The number of Topliss-reactive ketones (excluding diaryl/α,β-unsaturated/α-hetero) is 1. The molecule has 2 aliphatic rings. The zero-order valence-corrected chi connectivity index (χ0v) is 18.3. The van der Waals surface area contributed by atoms with Crippen molar-refractivity contribution in [3.8, 4) is 5.75 Å². The van der Waals surface area contributed by atoms with Gasteiger partial charge in [-0.3, -0.25) is 9.59 Å². The van der Waals surface area contributed by atoms with Crippen LogP contribution in [0.2, 0.25) is 5.02 Å². The number of furan rings is 1. The van der Waals surface area contributed by atoms with Crippen LogP contribution in [0.25, 0.3) is 11.0 Å². The van der Waals surface area contributed by atoms with Gasteiger partial charge < -0.3 is 19.2 Å². The Kier molecular flexibility index (Phi) is 5.18. The van der Waals surface area contributed by atoms with Crippen LogP contribution in [0.15, 0.2) is 64.3 Å². The van der Waals surface area contributed by atoms with Crippen molar-refractivity contribution in [2.75, 3.05) is 7.11 Å². The fourth-order valence-electron chi connectivity index (χ4n) is 4.86. The van der Waals surface area contributed by atoms with E-state index in [1.54, 1.807) is 23.1 Å². The lowest BCUT2D eigenvalue weighted by molar-refractivity contribution is -0.131. The number of fused-ring (bicyclic) bond motifs is 1. The normalized spacial score (nSPS) is 19.4. The van der Waals surface area contributed by atoms with E-state index in [9.17, 15) is 14.7 Å². The van der Waals surface area contributed by atoms with Crippen molar-refractivity contribution in [1.82, 2.24) is 4.90 Å². The molecule has 1 aliphatic carbocycles. The minimum absolute atomic E-state index is 0.0177. The van der Waals surface area contributed by atoms with Crippen LogP contribution in [0.5, 0.6) is 5.75 Å². The number of halogens is 1. The second-order valence-electron chi connectivity index (χ2n) is 8.19. The second-order valence-corrected chi connectivity index (χ2v) is 8.63. The number of hydrogen-bond donors (Lipinski definition) is 1. The van der Waals surface area contributed by atoms with Gasteiger partial charge in [0.25, 0.3) is 5.91 Å². The summed E-state index contributed by atoms with van der Waals surface area (Å²) in [5, 5.41) is 11.9. The fourth-order valence-corrected chi connectivity index (χ4v) is 5.08. The van der Waals surface area contributed by atoms with Gasteiger partial charge in [-0.1, -0.05) is 54.8 Å². The summed E-state index contributed by atoms with van der Waals surface area (Å²) >= 11 is 6.15. The quantitative estimate of drug-likeness (QED) is 0.509. The third-order valence-corrected chi connectivity index (χ3v) is 6.53. The van der Waals surface area contributed by atoms with E-state index in [1.807, 2.05) is 30.3 Å². The minimum Gasteiger partial charge on any atom is -0.503 e. The molecule has 1 amide bonds. The van der Waals surface area contributed by atoms with Crippen molar-refractivity contribution in [3.05, 3.63) is 76.2 Å². The van der Waals surface area contributed by atoms with E-state index < -0.39 is 23.5 Å². The van der Waals surface area contributed by atoms with Gasteiger partial charge in [0.1, 0.15) is 0 Å². The summed E-state index contributed by atoms with van der Waals surface area (Å²) in [6.45, 7) is 0. The molecule has 5 rings (SSSR count). The van der Waals surface area contributed by atoms with Crippen LogP contribution in [-0.2, 0) is 4.79 Å². The molecule has 0 saturated heterocycles. The van der Waals surface area contributed by atoms with Gasteiger partial charge in [0.2, 0.25) is 5.78 Å². The average molecular weight is 452 g/mol. The van der Waals surface area contributed by atoms with Gasteiger partial charge >= 0.3 is 0 Å². The van der Waals surface area contributed by atoms with Gasteiger partial charge in [-0.15, -0.1) is 0 Å². The van der Waals surface area contributed by atoms with Crippen LogP contribution >= 0.6 is 11.6 Å². The molecule has 1 saturated carbocycles. The molecule has 3 aromatic rings. The molecule has 1 aromatic heterocycles. The van der Waals surface area contributed by atoms with Crippen molar-refractivity contribution in [2.45, 2.75) is 37.8 Å². The number of rotatable bonds is 5. The first-order valence-corrected chi connectivity index (χ1v) is 11.0. The topological polar surface area (TPSA) is 80.0 Å². The lowest BCUT2D eigenvalue weighted by Crippen LogP contribution is -2.38. The van der Waals surface area contributed by atoms with Gasteiger partial charge in [0.15, 0.2) is 22.9 Å². The van der Waals surface area contributed by atoms with Gasteiger partial charge in [0.05, 0.1) is 18.7 Å². The Labute approximate surface area is 190 Å². The maximum atomic E-state index is 13.6. The van der Waals surface area contributed by atoms with Gasteiger partial charge in [-0.2, -0.15) is 0 Å². The monoisotopic (exact) mass is 451 g/mol. The van der Waals surface area contributed by atoms with E-state index in [0.29, 0.717) is 21.7 Å². The van der Waals surface area contributed by atoms with Crippen molar-refractivity contribution >= 4 is 34.3 Å². The highest BCUT2D eigenvalue weighted by atomic mass is 35.5. The van der Waals surface area contributed by atoms with Gasteiger partial charge in [-0.05, 0) is 30.5 Å². The molecule has 1 atom stereocenters. The Balaban J connectivity index is 1.62. The number of ether oxygens (including phenoxy) is 1. The van der Waals surface area contributed by atoms with E-state index in [4.69, 9.17) is 20.8 Å². The molecule has 0 radical (unpaired) electrons. The van der Waals surface area contributed by atoms with Gasteiger partial charge in [-0.25, -0.2) is 0 Å². The molecule has 164 valence electrons. The average Bonchev–Trinajstić information content (AvgIpc) is 3.52. The number of amides is 1. The first-order chi connectivity index (χ1) is 15.5. The van der Waals surface area contributed by atoms with Crippen LogP contribution in [0.4, 0.5) is 0 Å². The largest absolute Gasteiger partial charge is 0.503 e. The molecule has 2 aromatic carbocycles. The number of carbonyl (C=O) groups excluding carboxylic acids is 2. The van der Waals surface area contributed by atoms with Crippen LogP contribution in [0, 0.1) is 0 Å². The number of hydrogen-bond acceptors (Lipinski definition) is 5. The zero-order chi connectivity index (χ0) is 22.4. The van der Waals surface area contributed by atoms with E-state index >= 15 is 0 Å². The third kappa shape index (κ3) is 3.26. The predicted molar refractivity (Wildman–Crippen MR) is 120 cm³/mol. The third-order valence-electron chi connectivity index (χ3n) is 6.31. The number of methoxy groups -OCH3 is 1. The van der Waals surface area contributed by atoms with Crippen LogP contribution in [0.3, 0.4) is 0 Å². The highest BCUT2D eigenvalue weighted by molar-refractivity contribution is 6.31. The summed E-state index contributed by atoms with van der Waals surface area (Å²) in [7, 11) is 1.49. The molecular weight excluding hydrogens is 430 g/mol. The number of aliphatic hydroxyl groups is 1. The molecule has 6 nitrogen and oxygen atoms in total. The summed E-state index contributed by atoms with van der Waals surface area (Å²) in [6, 6.07) is 13.5. The molecule has 1 aliphatic heterocycles. The van der Waals surface area contributed by atoms with Gasteiger partial charge in [0, 0.05) is 22.5 Å². The smallest absolute Gasteiger partial charge is 0.290 e. The molecule has 0 bridgehead atoms. The summed E-state index contributed by atoms with van der Waals surface area (Å²) in [6.07, 6.45) is 3.74. The highest BCUT2D eigenvalue weighted by Gasteiger charge is 2.47. The first-order valence-electron chi connectivity index (χ1n) is 10.6. The number of ketones is 1. The Hall–Kier alpha value is -3.25. The SMILES string of the molecule is COc1cc(Cl)cc2cc(C(=O)C3=C(O)C(=O)N(C4CCCC4)C3c3ccccc3)oc12. The molecule has 32 heavy (non-hydrogen) atoms. The second kappa shape index (κ2) is 8.02. The highest BCUT2D eigenvalue weighted by Crippen LogP contribution is 2.44. The minimum atomic E-state index is -0.669. The number of aliphatic hydroxyl groups excluding tert-OH is 1. The fraction of sp³-hybridized carbons (Fsp3) is 0.280. The lowest BCUT2D eigenvalue weighted by Gasteiger charge is -2.32. The van der Waals surface area contributed by atoms with Crippen molar-refractivity contribution in [1.29, 1.82) is 0 Å². The Morgan fingerprint density at radius 2 is 1.88 bits per heavy atom. The Bertz CT molecular complexity index is 1240. The predicted octanol–water partition coefficient (Wildman–Crippen LogP) is 5.62. The van der Waals surface area contributed by atoms with E-state index in [2.05, 4.69) is 0 Å².